The molecule has 0 bridgehead atoms. The minimum absolute atomic E-state index is 0.0467. The first kappa shape index (κ1) is 39.3. The molecule has 0 spiro atoms. The number of benzene rings is 2. The van der Waals surface area contributed by atoms with Crippen molar-refractivity contribution in [1.82, 2.24) is 29.4 Å². The third kappa shape index (κ3) is 7.13. The third-order valence-electron chi connectivity index (χ3n) is 10.6. The predicted molar refractivity (Wildman–Crippen MR) is 192 cm³/mol. The van der Waals surface area contributed by atoms with Gasteiger partial charge in [-0.1, -0.05) is 50.6 Å². The smallest absolute Gasteiger partial charge is 0.306 e. The molecule has 2 atom stereocenters. The Labute approximate surface area is 322 Å². The number of ether oxygens (including phenoxy) is 1. The van der Waals surface area contributed by atoms with E-state index >= 15 is 13.6 Å². The molecule has 1 aliphatic heterocycles. The van der Waals surface area contributed by atoms with Crippen molar-refractivity contribution in [3.63, 3.8) is 0 Å². The van der Waals surface area contributed by atoms with Gasteiger partial charge in [0.15, 0.2) is 29.0 Å². The summed E-state index contributed by atoms with van der Waals surface area (Å²) < 4.78 is 97.3. The van der Waals surface area contributed by atoms with Crippen LogP contribution in [0.2, 0.25) is 5.02 Å². The fourth-order valence-electron chi connectivity index (χ4n) is 7.39. The molecule has 18 heteroatoms. The number of carbonyl (C=O) groups excluding carboxylic acids is 2. The van der Waals surface area contributed by atoms with Crippen LogP contribution in [-0.4, -0.2) is 59.8 Å². The molecule has 56 heavy (non-hydrogen) atoms. The van der Waals surface area contributed by atoms with E-state index in [-0.39, 0.29) is 47.1 Å². The van der Waals surface area contributed by atoms with Gasteiger partial charge in [-0.2, -0.15) is 10.2 Å². The molecule has 2 saturated carbocycles. The number of carbonyl (C=O) groups is 2. The maximum atomic E-state index is 16.5. The summed E-state index contributed by atoms with van der Waals surface area (Å²) in [6, 6.07) is 5.44. The lowest BCUT2D eigenvalue weighted by Gasteiger charge is -2.35. The van der Waals surface area contributed by atoms with Gasteiger partial charge in [0, 0.05) is 28.3 Å². The van der Waals surface area contributed by atoms with Gasteiger partial charge in [0.2, 0.25) is 0 Å². The first-order valence-electron chi connectivity index (χ1n) is 18.0. The summed E-state index contributed by atoms with van der Waals surface area (Å²) in [4.78, 5) is 37.3. The number of hydrogen-bond acceptors (Lipinski definition) is 8. The highest BCUT2D eigenvalue weighted by atomic mass is 35.5. The lowest BCUT2D eigenvalue weighted by atomic mass is 9.75. The molecule has 1 amide bonds. The van der Waals surface area contributed by atoms with Crippen LogP contribution in [-0.2, 0) is 19.9 Å². The normalized spacial score (nSPS) is 20.1. The number of halogens is 7. The Kier molecular flexibility index (Phi) is 9.77. The fourth-order valence-corrected chi connectivity index (χ4v) is 7.59. The Balaban J connectivity index is 1.30. The number of alkyl halides is 4. The van der Waals surface area contributed by atoms with Crippen molar-refractivity contribution in [3.05, 3.63) is 82.7 Å². The van der Waals surface area contributed by atoms with Gasteiger partial charge in [0.25, 0.3) is 18.3 Å². The van der Waals surface area contributed by atoms with Gasteiger partial charge in [-0.3, -0.25) is 19.2 Å². The molecule has 298 valence electrons. The molecule has 2 aromatic carbocycles. The van der Waals surface area contributed by atoms with E-state index in [1.54, 1.807) is 31.6 Å². The summed E-state index contributed by atoms with van der Waals surface area (Å²) in [5.74, 6) is -8.85. The Morgan fingerprint density at radius 3 is 2.41 bits per heavy atom. The zero-order valence-electron chi connectivity index (χ0n) is 30.9. The molecule has 2 aliphatic carbocycles. The molecule has 0 saturated heterocycles. The first-order valence-corrected chi connectivity index (χ1v) is 18.4. The van der Waals surface area contributed by atoms with Crippen LogP contribution in [0.4, 0.5) is 26.3 Å². The SMILES string of the molecule is CC(C)(C)C[C@]1(c2ccc(-c3cnn(C4CC4)c3)c(F)c2F)N=C(N)N([C@H](COC(=O)CC2(C(C)(F)F)CC2)c2ccc(Cl)c(-n3ncnc3C(F)F)c2)C1=O. The van der Waals surface area contributed by atoms with E-state index < -0.39 is 88.6 Å². The van der Waals surface area contributed by atoms with Gasteiger partial charge in [0.1, 0.15) is 12.9 Å². The largest absolute Gasteiger partial charge is 0.463 e. The number of aliphatic imine (C=N–C) groups is 1. The summed E-state index contributed by atoms with van der Waals surface area (Å²) in [5.41, 5.74) is 1.93. The molecule has 7 rings (SSSR count). The summed E-state index contributed by atoms with van der Waals surface area (Å²) in [6.45, 7) is 5.36. The zero-order valence-corrected chi connectivity index (χ0v) is 31.6. The standard InChI is InChI=1S/C38H39ClF6N8O3/c1-35(2,3)18-38(24-9-8-23(29(40)30(24)41)21-15-48-51(16-21)22-6-7-22)33(55)52(34(46)50-38)27(17-56-28(54)14-37(11-12-37)36(4,44)45)20-5-10-25(39)26(13-20)53-32(31(42)43)47-19-49-53/h5,8-10,13,15-16,19,22,27,31H,6-7,11-12,14,17-18H2,1-4H3,(H2,46,50)/t27-,38-/m1/s1. The first-order chi connectivity index (χ1) is 26.2. The van der Waals surface area contributed by atoms with Crippen LogP contribution >= 0.6 is 11.6 Å². The molecule has 2 fully saturated rings. The minimum atomic E-state index is -3.17. The predicted octanol–water partition coefficient (Wildman–Crippen LogP) is 8.23. The number of esters is 1. The summed E-state index contributed by atoms with van der Waals surface area (Å²) in [7, 11) is 0. The lowest BCUT2D eigenvalue weighted by molar-refractivity contribution is -0.153. The number of hydrogen-bond donors (Lipinski definition) is 1. The number of guanidine groups is 1. The maximum absolute atomic E-state index is 16.5. The van der Waals surface area contributed by atoms with E-state index in [9.17, 15) is 22.4 Å². The molecular formula is C38H39ClF6N8O3. The Morgan fingerprint density at radius 2 is 1.79 bits per heavy atom. The van der Waals surface area contributed by atoms with Crippen LogP contribution in [0.3, 0.4) is 0 Å². The number of amides is 1. The number of nitrogens with zero attached hydrogens (tertiary/aromatic N) is 7. The van der Waals surface area contributed by atoms with Gasteiger partial charge in [-0.15, -0.1) is 0 Å². The van der Waals surface area contributed by atoms with Crippen molar-refractivity contribution >= 4 is 29.4 Å². The van der Waals surface area contributed by atoms with Crippen molar-refractivity contribution in [2.45, 2.75) is 96.2 Å². The highest BCUT2D eigenvalue weighted by Gasteiger charge is 2.60. The van der Waals surface area contributed by atoms with Crippen molar-refractivity contribution in [2.75, 3.05) is 6.61 Å². The lowest BCUT2D eigenvalue weighted by Crippen LogP contribution is -2.47. The molecule has 4 aromatic rings. The van der Waals surface area contributed by atoms with Crippen LogP contribution in [0.25, 0.3) is 16.8 Å². The van der Waals surface area contributed by atoms with Crippen LogP contribution in [0.15, 0.2) is 54.0 Å². The number of nitrogens with two attached hydrogens (primary N) is 1. The summed E-state index contributed by atoms with van der Waals surface area (Å²) in [5, 5.41) is 8.10. The summed E-state index contributed by atoms with van der Waals surface area (Å²) >= 11 is 6.44. The second-order valence-corrected chi connectivity index (χ2v) is 16.5. The third-order valence-corrected chi connectivity index (χ3v) is 10.9. The minimum Gasteiger partial charge on any atom is -0.463 e. The van der Waals surface area contributed by atoms with E-state index in [0.29, 0.717) is 5.56 Å². The van der Waals surface area contributed by atoms with Crippen LogP contribution in [0, 0.1) is 22.5 Å². The topological polar surface area (TPSA) is 134 Å². The van der Waals surface area contributed by atoms with Gasteiger partial charge in [0.05, 0.1) is 35.4 Å². The van der Waals surface area contributed by atoms with E-state index in [0.717, 1.165) is 35.7 Å². The monoisotopic (exact) mass is 804 g/mol. The van der Waals surface area contributed by atoms with E-state index in [4.69, 9.17) is 22.1 Å². The van der Waals surface area contributed by atoms with Crippen molar-refractivity contribution < 1.29 is 40.7 Å². The zero-order chi connectivity index (χ0) is 40.5. The molecule has 3 aliphatic rings. The molecule has 2 N–H and O–H groups in total. The van der Waals surface area contributed by atoms with Crippen molar-refractivity contribution in [3.8, 4) is 16.8 Å². The van der Waals surface area contributed by atoms with Crippen LogP contribution in [0.1, 0.15) is 102 Å². The molecule has 0 radical (unpaired) electrons. The summed E-state index contributed by atoms with van der Waals surface area (Å²) in [6.07, 6.45) is 2.16. The molecule has 3 heterocycles. The average Bonchev–Trinajstić information content (AvgIpc) is 3.98. The molecule has 0 unspecified atom stereocenters. The maximum Gasteiger partial charge on any atom is 0.306 e. The second-order valence-electron chi connectivity index (χ2n) is 16.1. The fraction of sp³-hybridized carbons (Fsp3) is 0.474. The highest BCUT2D eigenvalue weighted by Crippen LogP contribution is 2.59. The molecule has 2 aromatic heterocycles. The van der Waals surface area contributed by atoms with Gasteiger partial charge >= 0.3 is 5.97 Å². The van der Waals surface area contributed by atoms with E-state index in [1.807, 2.05) is 0 Å². The van der Waals surface area contributed by atoms with Crippen molar-refractivity contribution in [1.29, 1.82) is 0 Å². The number of rotatable bonds is 13. The van der Waals surface area contributed by atoms with Crippen molar-refractivity contribution in [2.24, 2.45) is 21.6 Å². The van der Waals surface area contributed by atoms with Gasteiger partial charge < -0.3 is 10.5 Å². The Hall–Kier alpha value is -4.93. The van der Waals surface area contributed by atoms with Gasteiger partial charge in [-0.05, 0) is 62.1 Å². The molecule has 11 nitrogen and oxygen atoms in total. The van der Waals surface area contributed by atoms with E-state index in [1.165, 1.54) is 36.5 Å². The van der Waals surface area contributed by atoms with E-state index in [2.05, 4.69) is 20.2 Å². The Morgan fingerprint density at radius 1 is 1.07 bits per heavy atom. The second kappa shape index (κ2) is 13.9. The average molecular weight is 805 g/mol. The Bertz CT molecular complexity index is 2220. The quantitative estimate of drug-likeness (QED) is 0.106. The van der Waals surface area contributed by atoms with Crippen LogP contribution < -0.4 is 5.73 Å². The highest BCUT2D eigenvalue weighted by molar-refractivity contribution is 6.32. The number of aromatic nitrogens is 5. The van der Waals surface area contributed by atoms with Gasteiger partial charge in [-0.25, -0.2) is 41.0 Å². The van der Waals surface area contributed by atoms with Crippen LogP contribution in [0.5, 0.6) is 0 Å². The molecular weight excluding hydrogens is 766 g/mol.